The lowest BCUT2D eigenvalue weighted by molar-refractivity contribution is -0.274. The second-order valence-corrected chi connectivity index (χ2v) is 5.52. The van der Waals surface area contributed by atoms with Crippen LogP contribution in [-0.4, -0.2) is 6.36 Å². The first-order chi connectivity index (χ1) is 12.8. The van der Waals surface area contributed by atoms with Gasteiger partial charge in [0.1, 0.15) is 17.4 Å². The van der Waals surface area contributed by atoms with Crippen molar-refractivity contribution >= 4 is 0 Å². The van der Waals surface area contributed by atoms with Gasteiger partial charge in [-0.05, 0) is 59.7 Å². The molecule has 27 heavy (non-hydrogen) atoms. The van der Waals surface area contributed by atoms with E-state index in [1.807, 2.05) is 0 Å². The molecule has 6 heteroatoms. The number of alkyl halides is 3. The van der Waals surface area contributed by atoms with Gasteiger partial charge < -0.3 is 4.74 Å². The fourth-order valence-electron chi connectivity index (χ4n) is 2.32. The van der Waals surface area contributed by atoms with E-state index in [2.05, 4.69) is 16.6 Å². The third kappa shape index (κ3) is 5.08. The van der Waals surface area contributed by atoms with Crippen LogP contribution in [-0.2, 0) is 0 Å². The van der Waals surface area contributed by atoms with Crippen molar-refractivity contribution in [1.29, 1.82) is 0 Å². The number of hydrogen-bond acceptors (Lipinski definition) is 1. The van der Waals surface area contributed by atoms with E-state index in [0.717, 1.165) is 12.1 Å². The van der Waals surface area contributed by atoms with Crippen molar-refractivity contribution in [2.75, 3.05) is 0 Å². The van der Waals surface area contributed by atoms with Crippen molar-refractivity contribution < 1.29 is 26.7 Å². The fraction of sp³-hybridized carbons (Fsp3) is 0.0476. The molecular weight excluding hydrogens is 363 g/mol. The molecule has 0 bridgehead atoms. The molecule has 1 nitrogen and oxygen atoms in total. The average Bonchev–Trinajstić information content (AvgIpc) is 2.61. The highest BCUT2D eigenvalue weighted by Crippen LogP contribution is 2.23. The summed E-state index contributed by atoms with van der Waals surface area (Å²) in [6, 6.07) is 15.0. The van der Waals surface area contributed by atoms with E-state index in [1.165, 1.54) is 36.4 Å². The maximum Gasteiger partial charge on any atom is 0.573 e. The van der Waals surface area contributed by atoms with Crippen LogP contribution in [0.3, 0.4) is 0 Å². The summed E-state index contributed by atoms with van der Waals surface area (Å²) in [7, 11) is 0. The Bertz CT molecular complexity index is 994. The summed E-state index contributed by atoms with van der Waals surface area (Å²) in [6.45, 7) is 0. The Hall–Kier alpha value is -3.33. The van der Waals surface area contributed by atoms with Gasteiger partial charge in [0.25, 0.3) is 0 Å². The monoisotopic (exact) mass is 374 g/mol. The molecule has 0 radical (unpaired) electrons. The Morgan fingerprint density at radius 1 is 0.704 bits per heavy atom. The summed E-state index contributed by atoms with van der Waals surface area (Å²) < 4.78 is 67.3. The van der Waals surface area contributed by atoms with Crippen LogP contribution < -0.4 is 4.74 Å². The standard InChI is InChI=1S/C21H11F5O/c22-18-9-7-15(8-10-18)17-6-5-16(20(23)13-17)4-1-14-2-11-19(12-3-14)27-21(24,25)26/h2-3,5-13H. The molecule has 0 heterocycles. The number of benzene rings is 3. The van der Waals surface area contributed by atoms with Gasteiger partial charge in [-0.3, -0.25) is 0 Å². The maximum absolute atomic E-state index is 14.2. The van der Waals surface area contributed by atoms with Crippen molar-refractivity contribution in [3.63, 3.8) is 0 Å². The van der Waals surface area contributed by atoms with E-state index in [4.69, 9.17) is 0 Å². The highest BCUT2D eigenvalue weighted by Gasteiger charge is 2.30. The first kappa shape index (κ1) is 18.5. The van der Waals surface area contributed by atoms with Crippen molar-refractivity contribution in [3.05, 3.63) is 89.5 Å². The minimum absolute atomic E-state index is 0.136. The van der Waals surface area contributed by atoms with Crippen molar-refractivity contribution in [2.45, 2.75) is 6.36 Å². The molecular formula is C21H11F5O. The van der Waals surface area contributed by atoms with Gasteiger partial charge in [0, 0.05) is 5.56 Å². The van der Waals surface area contributed by atoms with E-state index in [9.17, 15) is 22.0 Å². The molecule has 0 saturated heterocycles. The highest BCUT2D eigenvalue weighted by atomic mass is 19.4. The van der Waals surface area contributed by atoms with Gasteiger partial charge in [0.15, 0.2) is 0 Å². The molecule has 3 aromatic rings. The second kappa shape index (κ2) is 7.50. The molecule has 0 aliphatic carbocycles. The molecule has 0 spiro atoms. The number of ether oxygens (including phenoxy) is 1. The molecule has 0 saturated carbocycles. The molecule has 0 aliphatic heterocycles. The number of halogens is 5. The zero-order chi connectivity index (χ0) is 19.4. The summed E-state index contributed by atoms with van der Waals surface area (Å²) in [4.78, 5) is 0. The average molecular weight is 374 g/mol. The van der Waals surface area contributed by atoms with E-state index in [1.54, 1.807) is 18.2 Å². The normalized spacial score (nSPS) is 10.9. The van der Waals surface area contributed by atoms with Crippen LogP contribution in [0.5, 0.6) is 5.75 Å². The molecule has 3 aromatic carbocycles. The van der Waals surface area contributed by atoms with Crippen LogP contribution in [0.2, 0.25) is 0 Å². The molecule has 0 unspecified atom stereocenters. The van der Waals surface area contributed by atoms with Gasteiger partial charge in [-0.15, -0.1) is 13.2 Å². The third-order valence-corrected chi connectivity index (χ3v) is 3.58. The lowest BCUT2D eigenvalue weighted by Gasteiger charge is -2.08. The molecule has 136 valence electrons. The van der Waals surface area contributed by atoms with Gasteiger partial charge in [-0.25, -0.2) is 8.78 Å². The molecule has 0 amide bonds. The Balaban J connectivity index is 1.78. The molecule has 3 rings (SSSR count). The van der Waals surface area contributed by atoms with Crippen LogP contribution in [0.4, 0.5) is 22.0 Å². The summed E-state index contributed by atoms with van der Waals surface area (Å²) in [6.07, 6.45) is -4.76. The van der Waals surface area contributed by atoms with Crippen LogP contribution >= 0.6 is 0 Å². The van der Waals surface area contributed by atoms with Gasteiger partial charge in [0.2, 0.25) is 0 Å². The van der Waals surface area contributed by atoms with E-state index < -0.39 is 12.2 Å². The molecule has 0 N–H and O–H groups in total. The lowest BCUT2D eigenvalue weighted by Crippen LogP contribution is -2.16. The number of hydrogen-bond donors (Lipinski definition) is 0. The topological polar surface area (TPSA) is 9.23 Å². The van der Waals surface area contributed by atoms with E-state index in [-0.39, 0.29) is 17.1 Å². The lowest BCUT2D eigenvalue weighted by atomic mass is 10.0. The van der Waals surface area contributed by atoms with Crippen molar-refractivity contribution in [3.8, 4) is 28.7 Å². The predicted octanol–water partition coefficient (Wildman–Crippen LogP) is 5.93. The molecule has 0 aliphatic rings. The first-order valence-corrected chi connectivity index (χ1v) is 7.73. The summed E-state index contributed by atoms with van der Waals surface area (Å²) in [5.74, 6) is 4.02. The first-order valence-electron chi connectivity index (χ1n) is 7.73. The second-order valence-electron chi connectivity index (χ2n) is 5.52. The maximum atomic E-state index is 14.2. The van der Waals surface area contributed by atoms with Crippen molar-refractivity contribution in [2.24, 2.45) is 0 Å². The molecule has 0 atom stereocenters. The summed E-state index contributed by atoms with van der Waals surface area (Å²) in [5.41, 5.74) is 1.78. The number of rotatable bonds is 2. The molecule has 0 fully saturated rings. The van der Waals surface area contributed by atoms with E-state index >= 15 is 0 Å². The molecule has 0 aromatic heterocycles. The van der Waals surface area contributed by atoms with Crippen molar-refractivity contribution in [1.82, 2.24) is 0 Å². The van der Waals surface area contributed by atoms with Crippen LogP contribution in [0.25, 0.3) is 11.1 Å². The van der Waals surface area contributed by atoms with Gasteiger partial charge in [-0.2, -0.15) is 0 Å². The summed E-state index contributed by atoms with van der Waals surface area (Å²) in [5, 5.41) is 0. The third-order valence-electron chi connectivity index (χ3n) is 3.58. The predicted molar refractivity (Wildman–Crippen MR) is 90.9 cm³/mol. The largest absolute Gasteiger partial charge is 0.573 e. The minimum atomic E-state index is -4.76. The van der Waals surface area contributed by atoms with Gasteiger partial charge in [0.05, 0.1) is 5.56 Å². The zero-order valence-corrected chi connectivity index (χ0v) is 13.6. The van der Waals surface area contributed by atoms with Gasteiger partial charge >= 0.3 is 6.36 Å². The Labute approximate surface area is 152 Å². The quantitative estimate of drug-likeness (QED) is 0.399. The Morgan fingerprint density at radius 2 is 1.33 bits per heavy atom. The van der Waals surface area contributed by atoms with Crippen LogP contribution in [0.15, 0.2) is 66.7 Å². The zero-order valence-electron chi connectivity index (χ0n) is 13.6. The SMILES string of the molecule is Fc1ccc(-c2ccc(C#Cc3ccc(OC(F)(F)F)cc3)c(F)c2)cc1. The smallest absolute Gasteiger partial charge is 0.406 e. The summed E-state index contributed by atoms with van der Waals surface area (Å²) >= 11 is 0. The van der Waals surface area contributed by atoms with E-state index in [0.29, 0.717) is 16.7 Å². The van der Waals surface area contributed by atoms with Crippen LogP contribution in [0.1, 0.15) is 11.1 Å². The minimum Gasteiger partial charge on any atom is -0.406 e. The Morgan fingerprint density at radius 3 is 1.93 bits per heavy atom. The van der Waals surface area contributed by atoms with Crippen LogP contribution in [0, 0.1) is 23.5 Å². The fourth-order valence-corrected chi connectivity index (χ4v) is 2.32. The van der Waals surface area contributed by atoms with Gasteiger partial charge in [-0.1, -0.05) is 30.0 Å². The Kier molecular flexibility index (Phi) is 5.13. The highest BCUT2D eigenvalue weighted by molar-refractivity contribution is 5.64.